The van der Waals surface area contributed by atoms with E-state index in [1.165, 1.54) is 0 Å². The Balaban J connectivity index is 2.66. The molecule has 0 radical (unpaired) electrons. The van der Waals surface area contributed by atoms with Crippen LogP contribution in [0.15, 0.2) is 36.5 Å². The van der Waals surface area contributed by atoms with Crippen LogP contribution in [0.2, 0.25) is 0 Å². The fraction of sp³-hybridized carbons (Fsp3) is 0.467. The van der Waals surface area contributed by atoms with Crippen molar-refractivity contribution in [1.29, 1.82) is 0 Å². The molecule has 1 aliphatic heterocycles. The number of allylic oxidation sites excluding steroid dienone is 3. The molecule has 0 amide bonds. The van der Waals surface area contributed by atoms with E-state index in [1.807, 2.05) is 19.1 Å². The number of alkyl halides is 1. The van der Waals surface area contributed by atoms with E-state index >= 15 is 0 Å². The van der Waals surface area contributed by atoms with Gasteiger partial charge in [0.2, 0.25) is 0 Å². The van der Waals surface area contributed by atoms with Gasteiger partial charge in [0.1, 0.15) is 0 Å². The lowest BCUT2D eigenvalue weighted by Crippen LogP contribution is -2.29. The molecular formula is C15H19ClO. The predicted octanol–water partition coefficient (Wildman–Crippen LogP) is 3.85. The summed E-state index contributed by atoms with van der Waals surface area (Å²) in [5.41, 5.74) is 0. The summed E-state index contributed by atoms with van der Waals surface area (Å²) >= 11 is 6.32. The quantitative estimate of drug-likeness (QED) is 0.420. The van der Waals surface area contributed by atoms with Crippen molar-refractivity contribution in [3.05, 3.63) is 36.5 Å². The molecular weight excluding hydrogens is 232 g/mol. The van der Waals surface area contributed by atoms with Crippen molar-refractivity contribution < 1.29 is 4.74 Å². The van der Waals surface area contributed by atoms with Crippen LogP contribution in [0.1, 0.15) is 26.2 Å². The van der Waals surface area contributed by atoms with Gasteiger partial charge in [-0.15, -0.1) is 18.0 Å². The highest BCUT2D eigenvalue weighted by Gasteiger charge is 2.22. The highest BCUT2D eigenvalue weighted by Crippen LogP contribution is 2.22. The Bertz CT molecular complexity index is 335. The van der Waals surface area contributed by atoms with Crippen LogP contribution < -0.4 is 0 Å². The lowest BCUT2D eigenvalue weighted by Gasteiger charge is -2.26. The van der Waals surface area contributed by atoms with E-state index in [4.69, 9.17) is 22.8 Å². The van der Waals surface area contributed by atoms with Crippen molar-refractivity contribution >= 4 is 11.6 Å². The van der Waals surface area contributed by atoms with Gasteiger partial charge in [0, 0.05) is 0 Å². The van der Waals surface area contributed by atoms with Crippen LogP contribution in [0.25, 0.3) is 0 Å². The standard InChI is InChI=1S/C15H19ClO/c1-3-5-6-12-15-14(16)11-8-7-10-13(17-15)9-4-2/h1,4-9,13-15H,10-12H2,2H3/b6-5+,8-7-,9-4+/t13-,14+,15+/m1/s1. The Hall–Kier alpha value is -0.970. The van der Waals surface area contributed by atoms with Gasteiger partial charge in [-0.2, -0.15) is 0 Å². The number of ether oxygens (including phenoxy) is 1. The van der Waals surface area contributed by atoms with Gasteiger partial charge in [0.05, 0.1) is 17.6 Å². The summed E-state index contributed by atoms with van der Waals surface area (Å²) in [6, 6.07) is 0. The molecule has 0 bridgehead atoms. The van der Waals surface area contributed by atoms with Crippen LogP contribution in [0.3, 0.4) is 0 Å². The molecule has 92 valence electrons. The third-order valence-electron chi connectivity index (χ3n) is 2.64. The topological polar surface area (TPSA) is 9.23 Å². The second-order valence-corrected chi connectivity index (χ2v) is 4.56. The minimum absolute atomic E-state index is 0.00160. The molecule has 0 spiro atoms. The maximum absolute atomic E-state index is 6.32. The zero-order chi connectivity index (χ0) is 12.5. The molecule has 0 fully saturated rings. The average molecular weight is 251 g/mol. The molecule has 1 heterocycles. The lowest BCUT2D eigenvalue weighted by molar-refractivity contribution is 0.0129. The molecule has 0 aromatic rings. The van der Waals surface area contributed by atoms with Gasteiger partial charge in [-0.3, -0.25) is 0 Å². The minimum Gasteiger partial charge on any atom is -0.369 e. The minimum atomic E-state index is 0.00160. The Morgan fingerprint density at radius 3 is 2.94 bits per heavy atom. The molecule has 0 aromatic carbocycles. The van der Waals surface area contributed by atoms with Crippen LogP contribution in [0.5, 0.6) is 0 Å². The molecule has 1 aliphatic rings. The van der Waals surface area contributed by atoms with E-state index in [9.17, 15) is 0 Å². The summed E-state index contributed by atoms with van der Waals surface area (Å²) in [6.07, 6.45) is 19.8. The van der Waals surface area contributed by atoms with Crippen molar-refractivity contribution in [2.75, 3.05) is 0 Å². The second kappa shape index (κ2) is 8.17. The molecule has 0 unspecified atom stereocenters. The van der Waals surface area contributed by atoms with Crippen LogP contribution in [0, 0.1) is 12.3 Å². The summed E-state index contributed by atoms with van der Waals surface area (Å²) in [6.45, 7) is 2.00. The molecule has 0 aliphatic carbocycles. The summed E-state index contributed by atoms with van der Waals surface area (Å²) in [7, 11) is 0. The van der Waals surface area contributed by atoms with Gasteiger partial charge in [-0.05, 0) is 32.3 Å². The van der Waals surface area contributed by atoms with Crippen LogP contribution in [-0.2, 0) is 4.74 Å². The van der Waals surface area contributed by atoms with E-state index < -0.39 is 0 Å². The summed E-state index contributed by atoms with van der Waals surface area (Å²) in [4.78, 5) is 0. The van der Waals surface area contributed by atoms with Crippen molar-refractivity contribution in [3.8, 4) is 12.3 Å². The van der Waals surface area contributed by atoms with Crippen molar-refractivity contribution in [1.82, 2.24) is 0 Å². The molecule has 1 rings (SSSR count). The van der Waals surface area contributed by atoms with Crippen LogP contribution >= 0.6 is 11.6 Å². The first-order valence-corrected chi connectivity index (χ1v) is 6.40. The van der Waals surface area contributed by atoms with Gasteiger partial charge >= 0.3 is 0 Å². The zero-order valence-electron chi connectivity index (χ0n) is 10.2. The Kier molecular flexibility index (Phi) is 6.77. The Labute approximate surface area is 109 Å². The normalized spacial score (nSPS) is 32.2. The molecule has 3 atom stereocenters. The summed E-state index contributed by atoms with van der Waals surface area (Å²) in [5, 5.41) is 0.00160. The van der Waals surface area contributed by atoms with Crippen molar-refractivity contribution in [3.63, 3.8) is 0 Å². The number of terminal acetylenes is 1. The molecule has 0 aromatic heterocycles. The SMILES string of the molecule is C#C/C=C/C[C@@H]1O[C@H](/C=C/C)C/C=C\C[C@@H]1Cl. The number of hydrogen-bond acceptors (Lipinski definition) is 1. The van der Waals surface area contributed by atoms with Gasteiger partial charge in [0.15, 0.2) is 0 Å². The highest BCUT2D eigenvalue weighted by molar-refractivity contribution is 6.21. The number of hydrogen-bond donors (Lipinski definition) is 0. The van der Waals surface area contributed by atoms with Gasteiger partial charge < -0.3 is 4.74 Å². The summed E-state index contributed by atoms with van der Waals surface area (Å²) in [5.74, 6) is 2.48. The first-order chi connectivity index (χ1) is 8.27. The van der Waals surface area contributed by atoms with Crippen molar-refractivity contribution in [2.45, 2.75) is 43.8 Å². The van der Waals surface area contributed by atoms with Gasteiger partial charge in [-0.25, -0.2) is 0 Å². The maximum atomic E-state index is 6.32. The number of rotatable bonds is 3. The fourth-order valence-electron chi connectivity index (χ4n) is 1.79. The largest absolute Gasteiger partial charge is 0.369 e. The van der Waals surface area contributed by atoms with E-state index in [2.05, 4.69) is 24.1 Å². The Morgan fingerprint density at radius 1 is 1.47 bits per heavy atom. The van der Waals surface area contributed by atoms with Crippen LogP contribution in [-0.4, -0.2) is 17.6 Å². The summed E-state index contributed by atoms with van der Waals surface area (Å²) < 4.78 is 6.00. The number of halogens is 1. The molecule has 0 saturated heterocycles. The van der Waals surface area contributed by atoms with Gasteiger partial charge in [-0.1, -0.05) is 36.3 Å². The molecule has 0 N–H and O–H groups in total. The molecule has 0 saturated carbocycles. The smallest absolute Gasteiger partial charge is 0.0794 e. The second-order valence-electron chi connectivity index (χ2n) is 4.00. The average Bonchev–Trinajstić information content (AvgIpc) is 2.31. The maximum Gasteiger partial charge on any atom is 0.0794 e. The van der Waals surface area contributed by atoms with E-state index in [1.54, 1.807) is 6.08 Å². The van der Waals surface area contributed by atoms with E-state index in [0.29, 0.717) is 0 Å². The van der Waals surface area contributed by atoms with Crippen LogP contribution in [0.4, 0.5) is 0 Å². The van der Waals surface area contributed by atoms with Gasteiger partial charge in [0.25, 0.3) is 0 Å². The first kappa shape index (κ1) is 14.1. The van der Waals surface area contributed by atoms with Crippen molar-refractivity contribution in [2.24, 2.45) is 0 Å². The molecule has 1 nitrogen and oxygen atoms in total. The third-order valence-corrected chi connectivity index (χ3v) is 3.10. The van der Waals surface area contributed by atoms with E-state index in [-0.39, 0.29) is 17.6 Å². The third kappa shape index (κ3) is 5.26. The zero-order valence-corrected chi connectivity index (χ0v) is 10.9. The first-order valence-electron chi connectivity index (χ1n) is 5.96. The fourth-order valence-corrected chi connectivity index (χ4v) is 2.05. The monoisotopic (exact) mass is 250 g/mol. The predicted molar refractivity (Wildman–Crippen MR) is 74.1 cm³/mol. The molecule has 17 heavy (non-hydrogen) atoms. The molecule has 2 heteroatoms. The lowest BCUT2D eigenvalue weighted by atomic mass is 10.1. The van der Waals surface area contributed by atoms with E-state index in [0.717, 1.165) is 19.3 Å². The Morgan fingerprint density at radius 2 is 2.24 bits per heavy atom. The highest BCUT2D eigenvalue weighted by atomic mass is 35.5.